The summed E-state index contributed by atoms with van der Waals surface area (Å²) in [6, 6.07) is 7.14. The molecule has 3 aromatic rings. The van der Waals surface area contributed by atoms with Gasteiger partial charge in [0, 0.05) is 16.3 Å². The van der Waals surface area contributed by atoms with Gasteiger partial charge in [-0.05, 0) is 25.1 Å². The third-order valence-corrected chi connectivity index (χ3v) is 7.40. The first-order valence-electron chi connectivity index (χ1n) is 12.6. The van der Waals surface area contributed by atoms with Gasteiger partial charge in [-0.2, -0.15) is 0 Å². The predicted molar refractivity (Wildman–Crippen MR) is 135 cm³/mol. The molecular weight excluding hydrogens is 552 g/mol. The van der Waals surface area contributed by atoms with Crippen LogP contribution in [-0.2, 0) is 14.2 Å². The van der Waals surface area contributed by atoms with E-state index in [4.69, 9.17) is 23.4 Å². The van der Waals surface area contributed by atoms with Crippen LogP contribution in [0, 0.1) is 6.92 Å². The van der Waals surface area contributed by atoms with Crippen LogP contribution in [0.15, 0.2) is 39.5 Å². The molecule has 2 aliphatic heterocycles. The molecule has 3 heterocycles. The van der Waals surface area contributed by atoms with Crippen molar-refractivity contribution in [2.75, 3.05) is 19.8 Å². The van der Waals surface area contributed by atoms with Crippen LogP contribution in [0.25, 0.3) is 21.7 Å². The summed E-state index contributed by atoms with van der Waals surface area (Å²) in [5.41, 5.74) is -0.251. The number of fused-ring (bicyclic) bond motifs is 3. The fourth-order valence-electron chi connectivity index (χ4n) is 5.13. The largest absolute Gasteiger partial charge is 0.507 e. The van der Waals surface area contributed by atoms with E-state index in [2.05, 4.69) is 0 Å². The van der Waals surface area contributed by atoms with Gasteiger partial charge in [0.2, 0.25) is 5.79 Å². The quantitative estimate of drug-likeness (QED) is 0.101. The van der Waals surface area contributed by atoms with Crippen LogP contribution in [0.1, 0.15) is 5.56 Å². The molecule has 15 heteroatoms. The van der Waals surface area contributed by atoms with E-state index in [0.717, 1.165) is 0 Å². The molecule has 2 aliphatic rings. The molecule has 2 fully saturated rings. The van der Waals surface area contributed by atoms with Crippen molar-refractivity contribution < 1.29 is 69.3 Å². The normalized spacial score (nSPS) is 35.8. The highest BCUT2D eigenvalue weighted by Gasteiger charge is 2.66. The van der Waals surface area contributed by atoms with Crippen molar-refractivity contribution in [2.24, 2.45) is 0 Å². The third-order valence-electron chi connectivity index (χ3n) is 7.40. The van der Waals surface area contributed by atoms with E-state index in [-0.39, 0.29) is 33.4 Å². The van der Waals surface area contributed by atoms with Crippen LogP contribution >= 0.6 is 0 Å². The van der Waals surface area contributed by atoms with Crippen molar-refractivity contribution in [1.29, 1.82) is 0 Å². The number of ether oxygens (including phenoxy) is 4. The highest BCUT2D eigenvalue weighted by atomic mass is 16.9. The van der Waals surface area contributed by atoms with Crippen molar-refractivity contribution in [1.82, 2.24) is 0 Å². The van der Waals surface area contributed by atoms with Crippen molar-refractivity contribution >= 4 is 21.7 Å². The van der Waals surface area contributed by atoms with E-state index in [9.17, 15) is 50.8 Å². The van der Waals surface area contributed by atoms with Gasteiger partial charge in [-0.25, -0.2) is 4.79 Å². The second-order valence-corrected chi connectivity index (χ2v) is 10.1. The number of hydrogen-bond donors (Lipinski definition) is 9. The van der Waals surface area contributed by atoms with Gasteiger partial charge < -0.3 is 64.6 Å². The number of aliphatic hydroxyl groups excluding tert-OH is 8. The number of hydrogen-bond acceptors (Lipinski definition) is 15. The molecule has 0 aliphatic carbocycles. The van der Waals surface area contributed by atoms with Crippen LogP contribution in [0.4, 0.5) is 0 Å². The van der Waals surface area contributed by atoms with Gasteiger partial charge >= 0.3 is 5.63 Å². The number of phenols is 1. The maximum absolute atomic E-state index is 12.2. The summed E-state index contributed by atoms with van der Waals surface area (Å²) in [7, 11) is 0. The van der Waals surface area contributed by atoms with E-state index in [1.165, 1.54) is 37.3 Å². The molecule has 0 spiro atoms. The maximum atomic E-state index is 12.2. The first-order chi connectivity index (χ1) is 19.4. The lowest BCUT2D eigenvalue weighted by Crippen LogP contribution is -2.62. The Labute approximate surface area is 230 Å². The average Bonchev–Trinajstić information content (AvgIpc) is 3.16. The highest BCUT2D eigenvalue weighted by Crippen LogP contribution is 2.46. The fourth-order valence-corrected chi connectivity index (χ4v) is 5.13. The molecule has 1 aromatic heterocycles. The Hall–Kier alpha value is -2.93. The number of aromatic hydroxyl groups is 1. The smallest absolute Gasteiger partial charge is 0.339 e. The zero-order chi connectivity index (χ0) is 29.9. The van der Waals surface area contributed by atoms with E-state index in [1.54, 1.807) is 0 Å². The second-order valence-electron chi connectivity index (χ2n) is 10.1. The summed E-state index contributed by atoms with van der Waals surface area (Å²) in [6.45, 7) is -1.65. The Kier molecular flexibility index (Phi) is 7.73. The Bertz CT molecular complexity index is 1490. The van der Waals surface area contributed by atoms with E-state index in [0.29, 0.717) is 5.39 Å². The molecule has 5 rings (SSSR count). The van der Waals surface area contributed by atoms with Gasteiger partial charge in [0.05, 0.1) is 12.0 Å². The molecule has 2 saturated heterocycles. The Morgan fingerprint density at radius 3 is 2.27 bits per heavy atom. The Morgan fingerprint density at radius 2 is 1.61 bits per heavy atom. The summed E-state index contributed by atoms with van der Waals surface area (Å²) in [4.78, 5) is 12.2. The Balaban J connectivity index is 1.57. The molecule has 2 aromatic carbocycles. The Morgan fingerprint density at radius 1 is 0.927 bits per heavy atom. The molecule has 41 heavy (non-hydrogen) atoms. The summed E-state index contributed by atoms with van der Waals surface area (Å²) in [5, 5.41) is 93.9. The van der Waals surface area contributed by atoms with Gasteiger partial charge in [-0.3, -0.25) is 4.74 Å². The van der Waals surface area contributed by atoms with Gasteiger partial charge in [-0.1, -0.05) is 12.1 Å². The lowest BCUT2D eigenvalue weighted by molar-refractivity contribution is -0.401. The van der Waals surface area contributed by atoms with Crippen LogP contribution < -0.4 is 10.4 Å². The monoisotopic (exact) mass is 582 g/mol. The molecule has 0 bridgehead atoms. The summed E-state index contributed by atoms with van der Waals surface area (Å²) < 4.78 is 27.8. The van der Waals surface area contributed by atoms with Crippen LogP contribution in [0.2, 0.25) is 0 Å². The fraction of sp³-hybridized carbons (Fsp3) is 0.500. The minimum atomic E-state index is -2.64. The molecule has 0 unspecified atom stereocenters. The molecule has 0 saturated carbocycles. The summed E-state index contributed by atoms with van der Waals surface area (Å²) in [5.74, 6) is -5.74. The first kappa shape index (κ1) is 29.6. The number of rotatable bonds is 7. The first-order valence-corrected chi connectivity index (χ1v) is 12.6. The number of aliphatic hydroxyl groups is 8. The topological polar surface area (TPSA) is 249 Å². The molecule has 0 amide bonds. The predicted octanol–water partition coefficient (Wildman–Crippen LogP) is -2.72. The lowest BCUT2D eigenvalue weighted by Gasteiger charge is -2.43. The zero-order valence-electron chi connectivity index (χ0n) is 21.5. The van der Waals surface area contributed by atoms with Crippen LogP contribution in [0.3, 0.4) is 0 Å². The molecular formula is C26H30O15. The zero-order valence-corrected chi connectivity index (χ0v) is 21.5. The van der Waals surface area contributed by atoms with Crippen LogP contribution in [-0.4, -0.2) is 120 Å². The SMILES string of the molecule is Cc1cc2cc(O[C@]3(CO)O[C@@](CO)(O[C@H]4O[C@H](CO)[C@@H](O)[C@H](O)[C@H]4O)[C@@H](O)[C@@H]3O)c3c(O)cccc3c2oc1=O. The summed E-state index contributed by atoms with van der Waals surface area (Å²) in [6.07, 6.45) is -13.2. The van der Waals surface area contributed by atoms with E-state index < -0.39 is 79.9 Å². The second kappa shape index (κ2) is 10.7. The van der Waals surface area contributed by atoms with Crippen molar-refractivity contribution in [3.8, 4) is 11.5 Å². The number of phenolic OH excluding ortho intramolecular Hbond substituents is 1. The van der Waals surface area contributed by atoms with Gasteiger partial charge in [0.1, 0.15) is 60.8 Å². The molecule has 9 N–H and O–H groups in total. The minimum Gasteiger partial charge on any atom is -0.507 e. The van der Waals surface area contributed by atoms with E-state index in [1.807, 2.05) is 0 Å². The molecule has 9 atom stereocenters. The van der Waals surface area contributed by atoms with Crippen molar-refractivity contribution in [3.63, 3.8) is 0 Å². The van der Waals surface area contributed by atoms with Crippen molar-refractivity contribution in [3.05, 3.63) is 46.3 Å². The highest BCUT2D eigenvalue weighted by molar-refractivity contribution is 6.09. The van der Waals surface area contributed by atoms with E-state index >= 15 is 0 Å². The molecule has 224 valence electrons. The lowest BCUT2D eigenvalue weighted by atomic mass is 9.98. The molecule has 0 radical (unpaired) electrons. The van der Waals surface area contributed by atoms with Crippen LogP contribution in [0.5, 0.6) is 11.5 Å². The average molecular weight is 583 g/mol. The third kappa shape index (κ3) is 4.65. The summed E-state index contributed by atoms with van der Waals surface area (Å²) >= 11 is 0. The number of aryl methyl sites for hydroxylation is 1. The molecule has 15 nitrogen and oxygen atoms in total. The van der Waals surface area contributed by atoms with Crippen molar-refractivity contribution in [2.45, 2.75) is 61.4 Å². The van der Waals surface area contributed by atoms with Gasteiger partial charge in [0.25, 0.3) is 5.79 Å². The van der Waals surface area contributed by atoms with Gasteiger partial charge in [-0.15, -0.1) is 0 Å². The minimum absolute atomic E-state index is 0.0125. The maximum Gasteiger partial charge on any atom is 0.339 e. The van der Waals surface area contributed by atoms with Gasteiger partial charge in [0.15, 0.2) is 12.4 Å². The standard InChI is InChI=1S/C26H30O15/c1-10-5-11-6-14(16-12(3-2-4-13(16)30)20(11)38-23(10)36)39-25(8-28)21(34)22(35)26(9-29,41-25)40-24-19(33)18(32)17(31)15(7-27)37-24/h2-6,15,17-19,21-22,24,27-35H,7-9H2,1H3/t15-,17-,18+,19-,21+,22+,24-,25-,26-/m1/s1. The number of benzene rings is 2.